The van der Waals surface area contributed by atoms with E-state index in [0.717, 1.165) is 10.9 Å². The zero-order valence-electron chi connectivity index (χ0n) is 11.2. The van der Waals surface area contributed by atoms with Crippen molar-refractivity contribution in [2.45, 2.75) is 19.4 Å². The Labute approximate surface area is 120 Å². The molecule has 0 saturated carbocycles. The highest BCUT2D eigenvalue weighted by atomic mass is 32.1. The third-order valence-electron chi connectivity index (χ3n) is 3.16. The Kier molecular flexibility index (Phi) is 2.96. The van der Waals surface area contributed by atoms with Crippen LogP contribution >= 0.6 is 11.3 Å². The monoisotopic (exact) mass is 286 g/mol. The van der Waals surface area contributed by atoms with Crippen molar-refractivity contribution in [1.29, 1.82) is 0 Å². The van der Waals surface area contributed by atoms with Crippen LogP contribution in [0.4, 0.5) is 0 Å². The van der Waals surface area contributed by atoms with E-state index in [-0.39, 0.29) is 5.78 Å². The van der Waals surface area contributed by atoms with E-state index >= 15 is 0 Å². The number of rotatable bonds is 3. The average molecular weight is 286 g/mol. The van der Waals surface area contributed by atoms with E-state index in [0.29, 0.717) is 16.3 Å². The minimum Gasteiger partial charge on any atom is -0.384 e. The summed E-state index contributed by atoms with van der Waals surface area (Å²) in [5.41, 5.74) is 1.02. The smallest absolute Gasteiger partial charge is 0.223 e. The highest BCUT2D eigenvalue weighted by molar-refractivity contribution is 7.12. The lowest BCUT2D eigenvalue weighted by molar-refractivity contribution is 0.0743. The number of hydrogen-bond donors (Lipinski definition) is 2. The number of para-hydroxylation sites is 1. The van der Waals surface area contributed by atoms with Gasteiger partial charge < -0.3 is 10.1 Å². The summed E-state index contributed by atoms with van der Waals surface area (Å²) in [4.78, 5) is 19.8. The summed E-state index contributed by atoms with van der Waals surface area (Å²) in [7, 11) is 0. The third kappa shape index (κ3) is 2.15. The number of carbonyl (C=O) groups excluding carboxylic acids is 1. The second-order valence-corrected chi connectivity index (χ2v) is 6.03. The van der Waals surface area contributed by atoms with Gasteiger partial charge in [-0.25, -0.2) is 4.98 Å². The van der Waals surface area contributed by atoms with Gasteiger partial charge in [0.05, 0.1) is 11.3 Å². The fraction of sp³-hybridized carbons (Fsp3) is 0.200. The number of carbonyl (C=O) groups is 1. The Bertz CT molecular complexity index is 780. The molecule has 0 atom stereocenters. The topological polar surface area (TPSA) is 66.0 Å². The molecule has 0 aliphatic heterocycles. The van der Waals surface area contributed by atoms with E-state index in [1.54, 1.807) is 25.4 Å². The minimum absolute atomic E-state index is 0.122. The molecule has 0 saturated heterocycles. The van der Waals surface area contributed by atoms with Crippen molar-refractivity contribution in [1.82, 2.24) is 9.97 Å². The molecule has 3 rings (SSSR count). The molecule has 3 aromatic rings. The number of H-pyrrole nitrogens is 1. The van der Waals surface area contributed by atoms with Gasteiger partial charge in [0.2, 0.25) is 5.78 Å². The number of nitrogens with zero attached hydrogens (tertiary/aromatic N) is 1. The molecular formula is C15H14N2O2S. The Hall–Kier alpha value is -1.98. The lowest BCUT2D eigenvalue weighted by atomic mass is 10.1. The van der Waals surface area contributed by atoms with Crippen molar-refractivity contribution in [3.05, 3.63) is 52.1 Å². The summed E-state index contributed by atoms with van der Waals surface area (Å²) in [6.45, 7) is 3.31. The van der Waals surface area contributed by atoms with Gasteiger partial charge in [-0.1, -0.05) is 18.2 Å². The number of fused-ring (bicyclic) bond motifs is 1. The van der Waals surface area contributed by atoms with Crippen molar-refractivity contribution in [2.24, 2.45) is 0 Å². The zero-order valence-corrected chi connectivity index (χ0v) is 12.0. The summed E-state index contributed by atoms with van der Waals surface area (Å²) in [5.74, 6) is -0.122. The van der Waals surface area contributed by atoms with E-state index < -0.39 is 5.60 Å². The first-order valence-electron chi connectivity index (χ1n) is 6.26. The maximum Gasteiger partial charge on any atom is 0.223 e. The largest absolute Gasteiger partial charge is 0.384 e. The predicted molar refractivity (Wildman–Crippen MR) is 79.1 cm³/mol. The van der Waals surface area contributed by atoms with Crippen LogP contribution in [-0.2, 0) is 5.60 Å². The first-order chi connectivity index (χ1) is 9.47. The minimum atomic E-state index is -1.03. The Morgan fingerprint density at radius 1 is 1.35 bits per heavy atom. The molecule has 0 fully saturated rings. The molecule has 2 heterocycles. The second kappa shape index (κ2) is 4.54. The first-order valence-corrected chi connectivity index (χ1v) is 7.14. The molecule has 0 spiro atoms. The van der Waals surface area contributed by atoms with Gasteiger partial charge in [-0.05, 0) is 19.9 Å². The fourth-order valence-electron chi connectivity index (χ4n) is 2.03. The van der Waals surface area contributed by atoms with Crippen LogP contribution in [0.5, 0.6) is 0 Å². The molecule has 5 heteroatoms. The van der Waals surface area contributed by atoms with Crippen molar-refractivity contribution in [3.63, 3.8) is 0 Å². The van der Waals surface area contributed by atoms with E-state index in [9.17, 15) is 9.90 Å². The normalized spacial score (nSPS) is 11.9. The Balaban J connectivity index is 2.03. The van der Waals surface area contributed by atoms with Gasteiger partial charge in [-0.15, -0.1) is 11.3 Å². The number of aromatic amines is 1. The summed E-state index contributed by atoms with van der Waals surface area (Å²) < 4.78 is 0. The van der Waals surface area contributed by atoms with Gasteiger partial charge in [0.1, 0.15) is 5.60 Å². The van der Waals surface area contributed by atoms with Gasteiger partial charge in [0, 0.05) is 22.5 Å². The number of nitrogens with one attached hydrogen (secondary N) is 1. The van der Waals surface area contributed by atoms with Gasteiger partial charge in [-0.2, -0.15) is 0 Å². The highest BCUT2D eigenvalue weighted by Crippen LogP contribution is 2.26. The van der Waals surface area contributed by atoms with Gasteiger partial charge in [-0.3, -0.25) is 4.79 Å². The molecule has 0 radical (unpaired) electrons. The highest BCUT2D eigenvalue weighted by Gasteiger charge is 2.23. The number of aromatic nitrogens is 2. The lowest BCUT2D eigenvalue weighted by Crippen LogP contribution is -2.16. The number of ketones is 1. The lowest BCUT2D eigenvalue weighted by Gasteiger charge is -2.12. The fourth-order valence-corrected chi connectivity index (χ4v) is 2.97. The maximum absolute atomic E-state index is 12.5. The quantitative estimate of drug-likeness (QED) is 0.727. The standard InChI is InChI=1S/C15H14N2O2S/c1-15(2,19)12-8-20-14(17-12)13(18)10-7-16-11-6-4-3-5-9(10)11/h3-8,16,19H,1-2H3. The second-order valence-electron chi connectivity index (χ2n) is 5.17. The van der Waals surface area contributed by atoms with Crippen molar-refractivity contribution >= 4 is 28.0 Å². The molecule has 0 aliphatic rings. The summed E-state index contributed by atoms with van der Waals surface area (Å²) in [6, 6.07) is 7.65. The van der Waals surface area contributed by atoms with Gasteiger partial charge >= 0.3 is 0 Å². The summed E-state index contributed by atoms with van der Waals surface area (Å²) in [5, 5.41) is 12.9. The molecule has 2 N–H and O–H groups in total. The molecule has 0 amide bonds. The predicted octanol–water partition coefficient (Wildman–Crippen LogP) is 3.08. The molecule has 102 valence electrons. The Morgan fingerprint density at radius 3 is 2.80 bits per heavy atom. The average Bonchev–Trinajstić information content (AvgIpc) is 3.04. The van der Waals surface area contributed by atoms with Crippen LogP contribution in [0.1, 0.15) is 34.9 Å². The molecule has 0 bridgehead atoms. The Morgan fingerprint density at radius 2 is 2.10 bits per heavy atom. The van der Waals surface area contributed by atoms with E-state index in [4.69, 9.17) is 0 Å². The van der Waals surface area contributed by atoms with Gasteiger partial charge in [0.25, 0.3) is 0 Å². The van der Waals surface area contributed by atoms with Gasteiger partial charge in [0.15, 0.2) is 5.01 Å². The third-order valence-corrected chi connectivity index (χ3v) is 4.00. The molecule has 0 aliphatic carbocycles. The SMILES string of the molecule is CC(C)(O)c1csc(C(=O)c2c[nH]c3ccccc23)n1. The van der Waals surface area contributed by atoms with Crippen molar-refractivity contribution < 1.29 is 9.90 Å². The van der Waals surface area contributed by atoms with Crippen LogP contribution in [0.15, 0.2) is 35.8 Å². The molecule has 1 aromatic carbocycles. The van der Waals surface area contributed by atoms with Crippen molar-refractivity contribution in [3.8, 4) is 0 Å². The molecule has 2 aromatic heterocycles. The van der Waals surface area contributed by atoms with E-state index in [1.807, 2.05) is 24.3 Å². The number of aliphatic hydroxyl groups is 1. The zero-order chi connectivity index (χ0) is 14.3. The number of benzene rings is 1. The van der Waals surface area contributed by atoms with Crippen LogP contribution in [-0.4, -0.2) is 20.9 Å². The van der Waals surface area contributed by atoms with E-state index in [1.165, 1.54) is 11.3 Å². The molecule has 20 heavy (non-hydrogen) atoms. The van der Waals surface area contributed by atoms with Crippen LogP contribution < -0.4 is 0 Å². The molecule has 4 nitrogen and oxygen atoms in total. The van der Waals surface area contributed by atoms with E-state index in [2.05, 4.69) is 9.97 Å². The van der Waals surface area contributed by atoms with Crippen LogP contribution in [0.25, 0.3) is 10.9 Å². The van der Waals surface area contributed by atoms with Crippen LogP contribution in [0.3, 0.4) is 0 Å². The number of thiazole rings is 1. The summed E-state index contributed by atoms with van der Waals surface area (Å²) >= 11 is 1.26. The summed E-state index contributed by atoms with van der Waals surface area (Å²) in [6.07, 6.45) is 1.71. The first kappa shape index (κ1) is 13.0. The van der Waals surface area contributed by atoms with Crippen molar-refractivity contribution in [2.75, 3.05) is 0 Å². The maximum atomic E-state index is 12.5. The number of hydrogen-bond acceptors (Lipinski definition) is 4. The van der Waals surface area contributed by atoms with Crippen LogP contribution in [0, 0.1) is 0 Å². The molecular weight excluding hydrogens is 272 g/mol. The molecule has 0 unspecified atom stereocenters. The van der Waals surface area contributed by atoms with Crippen LogP contribution in [0.2, 0.25) is 0 Å².